The van der Waals surface area contributed by atoms with Gasteiger partial charge in [-0.25, -0.2) is 4.98 Å². The van der Waals surface area contributed by atoms with Crippen molar-refractivity contribution in [3.8, 4) is 11.3 Å². The van der Waals surface area contributed by atoms with Gasteiger partial charge in [0.15, 0.2) is 12.2 Å². The van der Waals surface area contributed by atoms with Gasteiger partial charge in [-0.1, -0.05) is 12.1 Å². The van der Waals surface area contributed by atoms with E-state index in [9.17, 15) is 0 Å². The molecule has 3 rings (SSSR count). The first-order chi connectivity index (χ1) is 11.6. The Morgan fingerprint density at radius 3 is 2.58 bits per heavy atom. The molecule has 0 unspecified atom stereocenters. The maximum Gasteiger partial charge on any atom is 0.181 e. The number of rotatable bonds is 5. The highest BCUT2D eigenvalue weighted by molar-refractivity contribution is 14.1. The minimum absolute atomic E-state index is 0.761. The van der Waals surface area contributed by atoms with Gasteiger partial charge in [-0.05, 0) is 78.1 Å². The van der Waals surface area contributed by atoms with Crippen LogP contribution in [-0.2, 0) is 6.54 Å². The minimum atomic E-state index is 0.761. The van der Waals surface area contributed by atoms with Gasteiger partial charge in [-0.15, -0.1) is 0 Å². The third-order valence-electron chi connectivity index (χ3n) is 3.51. The normalized spacial score (nSPS) is 11.5. The lowest BCUT2D eigenvalue weighted by Crippen LogP contribution is -2.11. The number of hydrogen-bond donors (Lipinski definition) is 0. The molecule has 2 aromatic carbocycles. The Hall–Kier alpha value is -1.99. The number of aromatic nitrogens is 1. The molecular weight excluding hydrogens is 413 g/mol. The van der Waals surface area contributed by atoms with Crippen molar-refractivity contribution in [1.82, 2.24) is 9.88 Å². The van der Waals surface area contributed by atoms with E-state index in [0.717, 1.165) is 29.1 Å². The van der Waals surface area contributed by atoms with Crippen LogP contribution < -0.4 is 0 Å². The summed E-state index contributed by atoms with van der Waals surface area (Å²) in [6.07, 6.45) is 5.03. The second-order valence-corrected chi connectivity index (χ2v) is 6.92. The van der Waals surface area contributed by atoms with Crippen molar-refractivity contribution >= 4 is 34.5 Å². The van der Waals surface area contributed by atoms with Crippen molar-refractivity contribution in [2.24, 2.45) is 4.99 Å². The van der Waals surface area contributed by atoms with Crippen LogP contribution >= 0.6 is 22.6 Å². The van der Waals surface area contributed by atoms with Gasteiger partial charge in [0.2, 0.25) is 0 Å². The van der Waals surface area contributed by atoms with Gasteiger partial charge in [0.05, 0.1) is 11.9 Å². The molecule has 3 aromatic rings. The van der Waals surface area contributed by atoms with Crippen molar-refractivity contribution < 1.29 is 4.42 Å². The summed E-state index contributed by atoms with van der Waals surface area (Å²) in [5, 5.41) is 0. The fraction of sp³-hybridized carbons (Fsp3) is 0.158. The molecule has 0 amide bonds. The molecule has 4 nitrogen and oxygen atoms in total. The maximum absolute atomic E-state index is 5.29. The molecule has 0 fully saturated rings. The molecular formula is C19H18IN3O. The van der Waals surface area contributed by atoms with E-state index < -0.39 is 0 Å². The molecule has 0 saturated carbocycles. The van der Waals surface area contributed by atoms with E-state index in [4.69, 9.17) is 4.42 Å². The molecule has 0 atom stereocenters. The second kappa shape index (κ2) is 7.72. The Bertz CT molecular complexity index is 824. The summed E-state index contributed by atoms with van der Waals surface area (Å²) in [6.45, 7) is 0.943. The predicted octanol–water partition coefficient (Wildman–Crippen LogP) is 4.76. The number of nitrogens with zero attached hydrogens (tertiary/aromatic N) is 3. The van der Waals surface area contributed by atoms with Crippen molar-refractivity contribution in [3.05, 3.63) is 69.8 Å². The van der Waals surface area contributed by atoms with E-state index in [0.29, 0.717) is 0 Å². The van der Waals surface area contributed by atoms with E-state index in [1.807, 2.05) is 30.5 Å². The number of aliphatic imine (C=N–C) groups is 1. The Morgan fingerprint density at radius 1 is 1.17 bits per heavy atom. The van der Waals surface area contributed by atoms with Gasteiger partial charge in [0, 0.05) is 21.9 Å². The third-order valence-corrected chi connectivity index (χ3v) is 4.51. The molecule has 0 aliphatic carbocycles. The molecule has 24 heavy (non-hydrogen) atoms. The summed E-state index contributed by atoms with van der Waals surface area (Å²) in [5.41, 5.74) is 4.33. The fourth-order valence-electron chi connectivity index (χ4n) is 2.33. The topological polar surface area (TPSA) is 41.6 Å². The van der Waals surface area contributed by atoms with Gasteiger partial charge in [-0.3, -0.25) is 4.99 Å². The zero-order valence-corrected chi connectivity index (χ0v) is 15.8. The van der Waals surface area contributed by atoms with Crippen LogP contribution in [0.1, 0.15) is 11.1 Å². The minimum Gasteiger partial charge on any atom is -0.444 e. The molecule has 122 valence electrons. The lowest BCUT2D eigenvalue weighted by molar-refractivity contribution is 0.401. The number of hydrogen-bond acceptors (Lipinski definition) is 4. The maximum atomic E-state index is 5.29. The lowest BCUT2D eigenvalue weighted by atomic mass is 10.1. The summed E-state index contributed by atoms with van der Waals surface area (Å²) in [6, 6.07) is 14.3. The first-order valence-electron chi connectivity index (χ1n) is 7.58. The Morgan fingerprint density at radius 2 is 1.96 bits per heavy atom. The Labute approximate surface area is 155 Å². The molecule has 0 spiro atoms. The third kappa shape index (κ3) is 4.30. The smallest absolute Gasteiger partial charge is 0.181 e. The molecule has 0 N–H and O–H groups in total. The van der Waals surface area contributed by atoms with E-state index in [1.54, 1.807) is 6.20 Å². The quantitative estimate of drug-likeness (QED) is 0.432. The van der Waals surface area contributed by atoms with Crippen LogP contribution in [0.15, 0.2) is 64.5 Å². The number of oxazole rings is 1. The van der Waals surface area contributed by atoms with Crippen LogP contribution in [-0.4, -0.2) is 30.2 Å². The summed E-state index contributed by atoms with van der Waals surface area (Å²) in [7, 11) is 4.15. The highest BCUT2D eigenvalue weighted by atomic mass is 127. The van der Waals surface area contributed by atoms with Crippen molar-refractivity contribution in [2.75, 3.05) is 14.1 Å². The van der Waals surface area contributed by atoms with E-state index >= 15 is 0 Å². The fourth-order valence-corrected chi connectivity index (χ4v) is 3.04. The molecule has 0 aliphatic heterocycles. The zero-order chi connectivity index (χ0) is 16.9. The zero-order valence-electron chi connectivity index (χ0n) is 13.6. The average molecular weight is 431 g/mol. The summed E-state index contributed by atoms with van der Waals surface area (Å²) >= 11 is 2.38. The molecule has 0 bridgehead atoms. The van der Waals surface area contributed by atoms with Crippen molar-refractivity contribution in [2.45, 2.75) is 6.54 Å². The molecule has 5 heteroatoms. The second-order valence-electron chi connectivity index (χ2n) is 5.76. The van der Waals surface area contributed by atoms with Crippen molar-refractivity contribution in [1.29, 1.82) is 0 Å². The van der Waals surface area contributed by atoms with Gasteiger partial charge in [-0.2, -0.15) is 0 Å². The monoisotopic (exact) mass is 431 g/mol. The van der Waals surface area contributed by atoms with Gasteiger partial charge in [0.1, 0.15) is 0 Å². The van der Waals surface area contributed by atoms with Gasteiger partial charge in [0.25, 0.3) is 0 Å². The summed E-state index contributed by atoms with van der Waals surface area (Å²) in [5.74, 6) is 0.761. The molecule has 0 saturated heterocycles. The SMILES string of the molecule is CN(C)Cc1ccc(C=Nc2ccc(-c3cnco3)cc2)cc1I. The Balaban J connectivity index is 1.72. The van der Waals surface area contributed by atoms with Gasteiger partial charge < -0.3 is 9.32 Å². The lowest BCUT2D eigenvalue weighted by Gasteiger charge is -2.11. The molecule has 1 aromatic heterocycles. The van der Waals surface area contributed by atoms with E-state index in [-0.39, 0.29) is 0 Å². The standard InChI is InChI=1S/C19H18IN3O/c1-23(2)12-16-4-3-14(9-18(16)20)10-22-17-7-5-15(6-8-17)19-11-21-13-24-19/h3-11,13H,12H2,1-2H3. The van der Waals surface area contributed by atoms with Crippen LogP contribution in [0.5, 0.6) is 0 Å². The Kier molecular flexibility index (Phi) is 5.42. The summed E-state index contributed by atoms with van der Waals surface area (Å²) in [4.78, 5) is 10.6. The number of halogens is 1. The van der Waals surface area contributed by atoms with E-state index in [2.05, 4.69) is 69.8 Å². The first kappa shape index (κ1) is 16.9. The highest BCUT2D eigenvalue weighted by Gasteiger charge is 2.03. The number of benzene rings is 2. The average Bonchev–Trinajstić information content (AvgIpc) is 3.10. The van der Waals surface area contributed by atoms with Crippen LogP contribution in [0.2, 0.25) is 0 Å². The predicted molar refractivity (Wildman–Crippen MR) is 106 cm³/mol. The van der Waals surface area contributed by atoms with Crippen molar-refractivity contribution in [3.63, 3.8) is 0 Å². The highest BCUT2D eigenvalue weighted by Crippen LogP contribution is 2.22. The first-order valence-corrected chi connectivity index (χ1v) is 8.66. The van der Waals surface area contributed by atoms with Crippen LogP contribution in [0, 0.1) is 3.57 Å². The molecule has 0 radical (unpaired) electrons. The molecule has 1 heterocycles. The van der Waals surface area contributed by atoms with Crippen LogP contribution in [0.25, 0.3) is 11.3 Å². The van der Waals surface area contributed by atoms with Crippen LogP contribution in [0.3, 0.4) is 0 Å². The van der Waals surface area contributed by atoms with E-state index in [1.165, 1.54) is 15.5 Å². The van der Waals surface area contributed by atoms with Gasteiger partial charge >= 0.3 is 0 Å². The molecule has 0 aliphatic rings. The summed E-state index contributed by atoms with van der Waals surface area (Å²) < 4.78 is 6.54. The van der Waals surface area contributed by atoms with Crippen LogP contribution in [0.4, 0.5) is 5.69 Å². The largest absolute Gasteiger partial charge is 0.444 e.